The molecule has 3 nitrogen and oxygen atoms in total. The minimum Gasteiger partial charge on any atom is -0.478 e. The van der Waals surface area contributed by atoms with Crippen LogP contribution in [0.25, 0.3) is 0 Å². The van der Waals surface area contributed by atoms with Crippen molar-refractivity contribution in [2.75, 3.05) is 0 Å². The van der Waals surface area contributed by atoms with Gasteiger partial charge in [-0.2, -0.15) is 0 Å². The summed E-state index contributed by atoms with van der Waals surface area (Å²) in [7, 11) is 0. The molecular weight excluding hydrogens is 142 g/mol. The molecule has 0 radical (unpaired) electrons. The van der Waals surface area contributed by atoms with Gasteiger partial charge < -0.3 is 11.3 Å². The first-order chi connectivity index (χ1) is 4.39. The Labute approximate surface area is 67.7 Å². The molecule has 0 aromatic heterocycles. The van der Waals surface area contributed by atoms with E-state index >= 15 is 0 Å². The molecule has 0 aromatic rings. The van der Waals surface area contributed by atoms with E-state index in [4.69, 9.17) is 5.11 Å². The van der Waals surface area contributed by atoms with Crippen LogP contribution >= 0.6 is 0 Å². The molecule has 0 heterocycles. The van der Waals surface area contributed by atoms with Crippen molar-refractivity contribution in [3.05, 3.63) is 11.6 Å². The van der Waals surface area contributed by atoms with Crippen LogP contribution in [0.15, 0.2) is 11.6 Å². The Morgan fingerprint density at radius 2 is 1.73 bits per heavy atom. The van der Waals surface area contributed by atoms with E-state index in [-0.39, 0.29) is 11.6 Å². The smallest absolute Gasteiger partial charge is 0.331 e. The molecule has 66 valence electrons. The molecule has 0 saturated heterocycles. The van der Waals surface area contributed by atoms with E-state index in [1.807, 2.05) is 20.8 Å². The highest BCUT2D eigenvalue weighted by Crippen LogP contribution is 2.24. The van der Waals surface area contributed by atoms with Gasteiger partial charge in [-0.05, 0) is 12.3 Å². The molecular formula is C8H17NO2. The fourth-order valence-electron chi connectivity index (χ4n) is 0.877. The summed E-state index contributed by atoms with van der Waals surface area (Å²) in [6.45, 7) is 7.40. The third kappa shape index (κ3) is 3.78. The summed E-state index contributed by atoms with van der Waals surface area (Å²) in [5.41, 5.74) is 0.216. The zero-order chi connectivity index (χ0) is 8.36. The van der Waals surface area contributed by atoms with Crippen molar-refractivity contribution in [1.82, 2.24) is 6.15 Å². The molecule has 0 aromatic carbocycles. The van der Waals surface area contributed by atoms with Gasteiger partial charge >= 0.3 is 5.97 Å². The first-order valence-corrected chi connectivity index (χ1v) is 3.29. The maximum atomic E-state index is 10.5. The van der Waals surface area contributed by atoms with Gasteiger partial charge in [0.2, 0.25) is 0 Å². The van der Waals surface area contributed by atoms with Gasteiger partial charge in [0.15, 0.2) is 0 Å². The van der Waals surface area contributed by atoms with E-state index in [2.05, 4.69) is 0 Å². The van der Waals surface area contributed by atoms with Crippen LogP contribution in [0.2, 0.25) is 0 Å². The van der Waals surface area contributed by atoms with Gasteiger partial charge in [-0.1, -0.05) is 26.8 Å². The van der Waals surface area contributed by atoms with Crippen molar-refractivity contribution in [2.45, 2.75) is 27.7 Å². The lowest BCUT2D eigenvalue weighted by atomic mass is 9.86. The number of carboxylic acid groups (broad SMARTS) is 1. The molecule has 0 unspecified atom stereocenters. The number of hydrogen-bond donors (Lipinski definition) is 2. The van der Waals surface area contributed by atoms with Crippen LogP contribution < -0.4 is 6.15 Å². The molecule has 0 aliphatic heterocycles. The Morgan fingerprint density at radius 3 is 1.73 bits per heavy atom. The third-order valence-electron chi connectivity index (χ3n) is 1.33. The fourth-order valence-corrected chi connectivity index (χ4v) is 0.877. The molecule has 0 amide bonds. The van der Waals surface area contributed by atoms with E-state index in [0.29, 0.717) is 5.57 Å². The van der Waals surface area contributed by atoms with Crippen molar-refractivity contribution in [3.8, 4) is 0 Å². The Bertz CT molecular complexity index is 165. The van der Waals surface area contributed by atoms with Crippen LogP contribution in [-0.2, 0) is 4.79 Å². The van der Waals surface area contributed by atoms with Gasteiger partial charge in [0, 0.05) is 5.57 Å². The third-order valence-corrected chi connectivity index (χ3v) is 1.33. The molecule has 0 fully saturated rings. The average molecular weight is 159 g/mol. The summed E-state index contributed by atoms with van der Waals surface area (Å²) >= 11 is 0. The van der Waals surface area contributed by atoms with Crippen LogP contribution in [0.5, 0.6) is 0 Å². The summed E-state index contributed by atoms with van der Waals surface area (Å²) in [6.07, 6.45) is 1.64. The van der Waals surface area contributed by atoms with E-state index in [0.717, 1.165) is 0 Å². The van der Waals surface area contributed by atoms with Crippen molar-refractivity contribution in [1.29, 1.82) is 0 Å². The largest absolute Gasteiger partial charge is 0.478 e. The molecule has 0 spiro atoms. The first kappa shape index (κ1) is 12.8. The van der Waals surface area contributed by atoms with Crippen molar-refractivity contribution in [2.24, 2.45) is 5.41 Å². The standard InChI is InChI=1S/C8H14O2.H3N/c1-5-6(7(9)10)8(2,3)4;/h5H,1-4H3,(H,9,10);1H3. The SMILES string of the molecule is CC=C(C(=O)O)C(C)(C)C.N. The molecule has 3 heteroatoms. The average Bonchev–Trinajstić information content (AvgIpc) is 1.60. The zero-order valence-corrected chi connectivity index (χ0v) is 7.64. The topological polar surface area (TPSA) is 72.3 Å². The lowest BCUT2D eigenvalue weighted by Crippen LogP contribution is -2.16. The van der Waals surface area contributed by atoms with Gasteiger partial charge in [0.1, 0.15) is 0 Å². The second-order valence-electron chi connectivity index (χ2n) is 3.26. The highest BCUT2D eigenvalue weighted by molar-refractivity contribution is 5.87. The zero-order valence-electron chi connectivity index (χ0n) is 7.64. The van der Waals surface area contributed by atoms with Gasteiger partial charge in [0.05, 0.1) is 0 Å². The highest BCUT2D eigenvalue weighted by Gasteiger charge is 2.21. The second-order valence-corrected chi connectivity index (χ2v) is 3.26. The van der Waals surface area contributed by atoms with E-state index in [1.54, 1.807) is 13.0 Å². The van der Waals surface area contributed by atoms with Gasteiger partial charge in [-0.3, -0.25) is 0 Å². The minimum absolute atomic E-state index is 0. The van der Waals surface area contributed by atoms with Crippen LogP contribution in [0.1, 0.15) is 27.7 Å². The maximum absolute atomic E-state index is 10.5. The number of hydrogen-bond acceptors (Lipinski definition) is 2. The van der Waals surface area contributed by atoms with E-state index < -0.39 is 5.97 Å². The number of carbonyl (C=O) groups is 1. The number of aliphatic carboxylic acids is 1. The lowest BCUT2D eigenvalue weighted by molar-refractivity contribution is -0.133. The number of rotatable bonds is 1. The summed E-state index contributed by atoms with van der Waals surface area (Å²) in [5.74, 6) is -0.824. The number of carboxylic acids is 1. The summed E-state index contributed by atoms with van der Waals surface area (Å²) in [4.78, 5) is 10.5. The minimum atomic E-state index is -0.824. The molecule has 0 atom stereocenters. The molecule has 0 bridgehead atoms. The Balaban J connectivity index is 0. The van der Waals surface area contributed by atoms with E-state index in [9.17, 15) is 4.79 Å². The summed E-state index contributed by atoms with van der Waals surface area (Å²) in [6, 6.07) is 0. The Morgan fingerprint density at radius 1 is 1.36 bits per heavy atom. The Kier molecular flexibility index (Phi) is 4.81. The van der Waals surface area contributed by atoms with Crippen molar-refractivity contribution < 1.29 is 9.90 Å². The quantitative estimate of drug-likeness (QED) is 0.576. The number of allylic oxidation sites excluding steroid dienone is 1. The predicted molar refractivity (Wildman–Crippen MR) is 45.9 cm³/mol. The molecule has 0 rings (SSSR count). The van der Waals surface area contributed by atoms with Gasteiger partial charge in [0.25, 0.3) is 0 Å². The summed E-state index contributed by atoms with van der Waals surface area (Å²) < 4.78 is 0. The highest BCUT2D eigenvalue weighted by atomic mass is 16.4. The predicted octanol–water partition coefficient (Wildman–Crippen LogP) is 2.23. The van der Waals surface area contributed by atoms with Crippen molar-refractivity contribution >= 4 is 5.97 Å². The van der Waals surface area contributed by atoms with Crippen LogP contribution in [0, 0.1) is 5.41 Å². The van der Waals surface area contributed by atoms with Crippen LogP contribution in [-0.4, -0.2) is 11.1 Å². The molecule has 4 N–H and O–H groups in total. The molecule has 0 saturated carbocycles. The van der Waals surface area contributed by atoms with Crippen LogP contribution in [0.4, 0.5) is 0 Å². The second kappa shape index (κ2) is 4.13. The van der Waals surface area contributed by atoms with E-state index in [1.165, 1.54) is 0 Å². The molecule has 11 heavy (non-hydrogen) atoms. The fraction of sp³-hybridized carbons (Fsp3) is 0.625. The summed E-state index contributed by atoms with van der Waals surface area (Å²) in [5, 5.41) is 8.64. The maximum Gasteiger partial charge on any atom is 0.331 e. The monoisotopic (exact) mass is 159 g/mol. The normalized spacial score (nSPS) is 12.2. The molecule has 0 aliphatic carbocycles. The lowest BCUT2D eigenvalue weighted by Gasteiger charge is -2.18. The Hall–Kier alpha value is -0.830. The van der Waals surface area contributed by atoms with Crippen LogP contribution in [0.3, 0.4) is 0 Å². The van der Waals surface area contributed by atoms with Crippen molar-refractivity contribution in [3.63, 3.8) is 0 Å². The first-order valence-electron chi connectivity index (χ1n) is 3.29. The van der Waals surface area contributed by atoms with Gasteiger partial charge in [-0.25, -0.2) is 4.79 Å². The molecule has 0 aliphatic rings. The van der Waals surface area contributed by atoms with Gasteiger partial charge in [-0.15, -0.1) is 0 Å².